The van der Waals surface area contributed by atoms with E-state index in [1.54, 1.807) is 29.2 Å². The maximum Gasteiger partial charge on any atom is 0.336 e. The SMILES string of the molecule is CCSCCOC(=O)C1=C(C)NC2=C(C(=O)CC(c3cccs3)C2)C1c1cccc(Cl)c1. The van der Waals surface area contributed by atoms with E-state index >= 15 is 0 Å². The van der Waals surface area contributed by atoms with Gasteiger partial charge in [0.15, 0.2) is 5.78 Å². The molecule has 2 unspecified atom stereocenters. The number of thioether (sulfide) groups is 1. The maximum atomic E-state index is 13.5. The van der Waals surface area contributed by atoms with E-state index in [-0.39, 0.29) is 17.7 Å². The van der Waals surface area contributed by atoms with E-state index in [4.69, 9.17) is 16.3 Å². The van der Waals surface area contributed by atoms with Gasteiger partial charge in [0.1, 0.15) is 6.61 Å². The molecule has 1 aliphatic carbocycles. The number of hydrogen-bond acceptors (Lipinski definition) is 6. The van der Waals surface area contributed by atoms with Crippen LogP contribution in [0.15, 0.2) is 64.3 Å². The van der Waals surface area contributed by atoms with Crippen LogP contribution in [0.2, 0.25) is 5.02 Å². The van der Waals surface area contributed by atoms with Crippen LogP contribution in [0, 0.1) is 0 Å². The Morgan fingerprint density at radius 2 is 2.12 bits per heavy atom. The summed E-state index contributed by atoms with van der Waals surface area (Å²) in [6.45, 7) is 4.31. The molecule has 2 aliphatic rings. The smallest absolute Gasteiger partial charge is 0.336 e. The molecule has 4 nitrogen and oxygen atoms in total. The van der Waals surface area contributed by atoms with Gasteiger partial charge in [0, 0.05) is 50.9 Å². The molecule has 0 saturated carbocycles. The molecule has 0 saturated heterocycles. The van der Waals surface area contributed by atoms with Gasteiger partial charge in [0.05, 0.1) is 5.57 Å². The number of rotatable bonds is 7. The zero-order valence-electron chi connectivity index (χ0n) is 18.2. The second-order valence-electron chi connectivity index (χ2n) is 7.92. The first kappa shape index (κ1) is 23.1. The molecule has 1 aromatic carbocycles. The van der Waals surface area contributed by atoms with E-state index in [9.17, 15) is 9.59 Å². The summed E-state index contributed by atoms with van der Waals surface area (Å²) in [6, 6.07) is 11.5. The van der Waals surface area contributed by atoms with Crippen molar-refractivity contribution in [2.75, 3.05) is 18.1 Å². The Balaban J connectivity index is 1.71. The Hall–Kier alpha value is -2.02. The number of carbonyl (C=O) groups is 2. The average molecular weight is 488 g/mol. The van der Waals surface area contributed by atoms with Crippen LogP contribution in [-0.2, 0) is 14.3 Å². The highest BCUT2D eigenvalue weighted by Crippen LogP contribution is 2.46. The van der Waals surface area contributed by atoms with Gasteiger partial charge in [-0.05, 0) is 48.2 Å². The van der Waals surface area contributed by atoms with Crippen LogP contribution < -0.4 is 5.32 Å². The second kappa shape index (κ2) is 10.3. The quantitative estimate of drug-likeness (QED) is 0.380. The highest BCUT2D eigenvalue weighted by molar-refractivity contribution is 7.99. The van der Waals surface area contributed by atoms with E-state index in [1.165, 1.54) is 4.88 Å². The van der Waals surface area contributed by atoms with Crippen LogP contribution in [0.25, 0.3) is 0 Å². The minimum absolute atomic E-state index is 0.0708. The lowest BCUT2D eigenvalue weighted by Gasteiger charge is -2.36. The summed E-state index contributed by atoms with van der Waals surface area (Å²) in [7, 11) is 0. The van der Waals surface area contributed by atoms with E-state index in [0.717, 1.165) is 34.9 Å². The number of ether oxygens (including phenoxy) is 1. The van der Waals surface area contributed by atoms with Gasteiger partial charge >= 0.3 is 5.97 Å². The summed E-state index contributed by atoms with van der Waals surface area (Å²) in [5.74, 6) is 1.09. The van der Waals surface area contributed by atoms with Crippen LogP contribution in [0.5, 0.6) is 0 Å². The summed E-state index contributed by atoms with van der Waals surface area (Å²) in [5, 5.41) is 6.01. The second-order valence-corrected chi connectivity index (χ2v) is 10.7. The number of dihydropyridines is 1. The topological polar surface area (TPSA) is 55.4 Å². The third-order valence-electron chi connectivity index (χ3n) is 5.84. The van der Waals surface area contributed by atoms with Crippen molar-refractivity contribution in [1.82, 2.24) is 5.32 Å². The Morgan fingerprint density at radius 1 is 1.28 bits per heavy atom. The van der Waals surface area contributed by atoms with Gasteiger partial charge in [-0.2, -0.15) is 11.8 Å². The third-order valence-corrected chi connectivity index (χ3v) is 7.97. The van der Waals surface area contributed by atoms with Gasteiger partial charge in [-0.3, -0.25) is 4.79 Å². The van der Waals surface area contributed by atoms with Crippen molar-refractivity contribution in [1.29, 1.82) is 0 Å². The Kier molecular flexibility index (Phi) is 7.44. The van der Waals surface area contributed by atoms with Crippen LogP contribution in [0.3, 0.4) is 0 Å². The summed E-state index contributed by atoms with van der Waals surface area (Å²) >= 11 is 9.70. The third kappa shape index (κ3) is 4.82. The summed E-state index contributed by atoms with van der Waals surface area (Å²) in [6.07, 6.45) is 1.18. The lowest BCUT2D eigenvalue weighted by atomic mass is 9.72. The zero-order chi connectivity index (χ0) is 22.7. The van der Waals surface area contributed by atoms with E-state index < -0.39 is 5.92 Å². The molecule has 2 heterocycles. The maximum absolute atomic E-state index is 13.5. The van der Waals surface area contributed by atoms with Crippen molar-refractivity contribution < 1.29 is 14.3 Å². The van der Waals surface area contributed by atoms with Crippen molar-refractivity contribution in [3.63, 3.8) is 0 Å². The number of esters is 1. The molecule has 4 rings (SSSR count). The number of nitrogens with one attached hydrogen (secondary N) is 1. The highest BCUT2D eigenvalue weighted by Gasteiger charge is 2.41. The summed E-state index contributed by atoms with van der Waals surface area (Å²) in [4.78, 5) is 27.9. The fourth-order valence-electron chi connectivity index (χ4n) is 4.47. The predicted molar refractivity (Wildman–Crippen MR) is 132 cm³/mol. The molecule has 2 aromatic rings. The fourth-order valence-corrected chi connectivity index (χ4v) is 5.99. The molecule has 1 aliphatic heterocycles. The fraction of sp³-hybridized carbons (Fsp3) is 0.360. The number of Topliss-reactive ketones (excluding diaryl/α,β-unsaturated/α-hetero) is 1. The monoisotopic (exact) mass is 487 g/mol. The lowest BCUT2D eigenvalue weighted by Crippen LogP contribution is -2.36. The molecular weight excluding hydrogens is 462 g/mol. The molecule has 168 valence electrons. The summed E-state index contributed by atoms with van der Waals surface area (Å²) in [5.41, 5.74) is 3.64. The molecule has 7 heteroatoms. The number of benzene rings is 1. The van der Waals surface area contributed by atoms with Crippen molar-refractivity contribution in [2.24, 2.45) is 0 Å². The molecule has 32 heavy (non-hydrogen) atoms. The minimum atomic E-state index is -0.479. The first-order valence-electron chi connectivity index (χ1n) is 10.8. The molecule has 0 fully saturated rings. The minimum Gasteiger partial charge on any atom is -0.461 e. The van der Waals surface area contributed by atoms with Crippen molar-refractivity contribution in [2.45, 2.75) is 38.5 Å². The van der Waals surface area contributed by atoms with Crippen LogP contribution in [0.4, 0.5) is 0 Å². The van der Waals surface area contributed by atoms with Crippen LogP contribution in [0.1, 0.15) is 49.0 Å². The van der Waals surface area contributed by atoms with Gasteiger partial charge < -0.3 is 10.1 Å². The zero-order valence-corrected chi connectivity index (χ0v) is 20.5. The van der Waals surface area contributed by atoms with E-state index in [0.29, 0.717) is 29.2 Å². The highest BCUT2D eigenvalue weighted by atomic mass is 35.5. The predicted octanol–water partition coefficient (Wildman–Crippen LogP) is 6.06. The van der Waals surface area contributed by atoms with Crippen LogP contribution >= 0.6 is 34.7 Å². The van der Waals surface area contributed by atoms with Gasteiger partial charge in [0.25, 0.3) is 0 Å². The first-order chi connectivity index (χ1) is 15.5. The average Bonchev–Trinajstić information content (AvgIpc) is 3.30. The van der Waals surface area contributed by atoms with E-state index in [2.05, 4.69) is 18.3 Å². The lowest BCUT2D eigenvalue weighted by molar-refractivity contribution is -0.138. The largest absolute Gasteiger partial charge is 0.461 e. The molecule has 2 atom stereocenters. The van der Waals surface area contributed by atoms with Crippen molar-refractivity contribution in [3.8, 4) is 0 Å². The Bertz CT molecular complexity index is 1070. The molecule has 1 aromatic heterocycles. The molecule has 1 N–H and O–H groups in total. The van der Waals surface area contributed by atoms with Crippen molar-refractivity contribution >= 4 is 46.5 Å². The standard InChI is InChI=1S/C25H26ClNO3S2/c1-3-31-11-9-30-25(29)22-15(2)27-19-13-17(21-8-5-10-32-21)14-20(28)24(19)23(22)16-6-4-7-18(26)12-16/h4-8,10,12,17,23,27H,3,9,11,13-14H2,1-2H3. The summed E-state index contributed by atoms with van der Waals surface area (Å²) < 4.78 is 5.61. The number of hydrogen-bond donors (Lipinski definition) is 1. The van der Waals surface area contributed by atoms with Gasteiger partial charge in [-0.25, -0.2) is 4.79 Å². The van der Waals surface area contributed by atoms with Gasteiger partial charge in [0.2, 0.25) is 0 Å². The molecule has 0 amide bonds. The Labute approximate surface area is 202 Å². The van der Waals surface area contributed by atoms with Gasteiger partial charge in [-0.1, -0.05) is 36.7 Å². The number of carbonyl (C=O) groups excluding carboxylic acids is 2. The van der Waals surface area contributed by atoms with Crippen molar-refractivity contribution in [3.05, 3.63) is 79.8 Å². The Morgan fingerprint density at radius 3 is 2.84 bits per heavy atom. The molecule has 0 spiro atoms. The number of thiophene rings is 1. The molecule has 0 bridgehead atoms. The van der Waals surface area contributed by atoms with Gasteiger partial charge in [-0.15, -0.1) is 11.3 Å². The molecule has 0 radical (unpaired) electrons. The van der Waals surface area contributed by atoms with E-state index in [1.807, 2.05) is 36.6 Å². The van der Waals surface area contributed by atoms with Crippen LogP contribution in [-0.4, -0.2) is 29.9 Å². The number of halogens is 1. The molecular formula is C25H26ClNO3S2. The number of allylic oxidation sites excluding steroid dienone is 3. The number of ketones is 1. The normalized spacial score (nSPS) is 20.8. The first-order valence-corrected chi connectivity index (χ1v) is 13.2.